The van der Waals surface area contributed by atoms with Crippen molar-refractivity contribution in [2.24, 2.45) is 5.92 Å². The highest BCUT2D eigenvalue weighted by atomic mass is 19.1. The zero-order valence-electron chi connectivity index (χ0n) is 12.7. The maximum atomic E-state index is 13.3. The first-order valence-electron chi connectivity index (χ1n) is 7.55. The fourth-order valence-electron chi connectivity index (χ4n) is 2.74. The first-order chi connectivity index (χ1) is 10.1. The molecule has 1 aliphatic rings. The molecule has 21 heavy (non-hydrogen) atoms. The third-order valence-corrected chi connectivity index (χ3v) is 3.90. The fourth-order valence-corrected chi connectivity index (χ4v) is 2.74. The Morgan fingerprint density at radius 2 is 2.33 bits per heavy atom. The zero-order chi connectivity index (χ0) is 15.2. The van der Waals surface area contributed by atoms with Crippen LogP contribution in [0.3, 0.4) is 0 Å². The van der Waals surface area contributed by atoms with Gasteiger partial charge in [-0.25, -0.2) is 4.39 Å². The summed E-state index contributed by atoms with van der Waals surface area (Å²) in [6, 6.07) is 6.77. The molecule has 1 aliphatic heterocycles. The van der Waals surface area contributed by atoms with Crippen molar-refractivity contribution >= 4 is 11.6 Å². The van der Waals surface area contributed by atoms with Gasteiger partial charge < -0.3 is 15.5 Å². The topological polar surface area (TPSA) is 44.4 Å². The number of nitrogens with zero attached hydrogens (tertiary/aromatic N) is 1. The van der Waals surface area contributed by atoms with Crippen molar-refractivity contribution < 1.29 is 9.18 Å². The van der Waals surface area contributed by atoms with Gasteiger partial charge in [0.25, 0.3) is 0 Å². The molecule has 5 heteroatoms. The number of rotatable bonds is 5. The molecule has 0 spiro atoms. The summed E-state index contributed by atoms with van der Waals surface area (Å²) in [5.74, 6) is -0.184. The molecule has 2 rings (SSSR count). The van der Waals surface area contributed by atoms with Crippen LogP contribution in [0.4, 0.5) is 10.1 Å². The van der Waals surface area contributed by atoms with Crippen LogP contribution in [0.2, 0.25) is 0 Å². The highest BCUT2D eigenvalue weighted by molar-refractivity contribution is 5.78. The second-order valence-electron chi connectivity index (χ2n) is 5.73. The Kier molecular flexibility index (Phi) is 5.56. The summed E-state index contributed by atoms with van der Waals surface area (Å²) in [5, 5.41) is 6.12. The van der Waals surface area contributed by atoms with Gasteiger partial charge in [0.2, 0.25) is 5.91 Å². The lowest BCUT2D eigenvalue weighted by atomic mass is 10.0. The van der Waals surface area contributed by atoms with Crippen LogP contribution in [0, 0.1) is 11.7 Å². The number of halogens is 1. The number of hydrogen-bond donors (Lipinski definition) is 2. The summed E-state index contributed by atoms with van der Waals surface area (Å²) >= 11 is 0. The van der Waals surface area contributed by atoms with Gasteiger partial charge in [-0.3, -0.25) is 4.79 Å². The Balaban J connectivity index is 1.93. The normalized spacial score (nSPS) is 20.1. The maximum Gasteiger partial charge on any atom is 0.224 e. The van der Waals surface area contributed by atoms with Crippen LogP contribution in [0.15, 0.2) is 24.3 Å². The van der Waals surface area contributed by atoms with Gasteiger partial charge in [-0.1, -0.05) is 13.0 Å². The minimum absolute atomic E-state index is 0.0421. The molecular formula is C16H24FN3O. The van der Waals surface area contributed by atoms with E-state index in [1.807, 2.05) is 20.0 Å². The molecule has 2 atom stereocenters. The number of nitrogens with one attached hydrogen (secondary N) is 2. The van der Waals surface area contributed by atoms with E-state index in [1.54, 1.807) is 12.1 Å². The third kappa shape index (κ3) is 4.43. The minimum atomic E-state index is -0.221. The standard InChI is InChI=1S/C16H24FN3O/c1-12(10-18-2)16(21)19-14-6-4-8-20(11-14)15-7-3-5-13(17)9-15/h3,5,7,9,12,14,18H,4,6,8,10-11H2,1-2H3,(H,19,21). The van der Waals surface area contributed by atoms with Gasteiger partial charge in [0.1, 0.15) is 5.82 Å². The van der Waals surface area contributed by atoms with Crippen molar-refractivity contribution in [3.8, 4) is 0 Å². The molecule has 1 fully saturated rings. The predicted octanol–water partition coefficient (Wildman–Crippen LogP) is 1.77. The minimum Gasteiger partial charge on any atom is -0.369 e. The molecule has 2 unspecified atom stereocenters. The molecule has 0 bridgehead atoms. The van der Waals surface area contributed by atoms with E-state index in [4.69, 9.17) is 0 Å². The number of carbonyl (C=O) groups is 1. The van der Waals surface area contributed by atoms with Gasteiger partial charge in [-0.05, 0) is 38.1 Å². The summed E-state index contributed by atoms with van der Waals surface area (Å²) in [7, 11) is 1.84. The van der Waals surface area contributed by atoms with Gasteiger partial charge >= 0.3 is 0 Å². The number of carbonyl (C=O) groups excluding carboxylic acids is 1. The van der Waals surface area contributed by atoms with Gasteiger partial charge in [-0.2, -0.15) is 0 Å². The first-order valence-corrected chi connectivity index (χ1v) is 7.55. The van der Waals surface area contributed by atoms with E-state index in [1.165, 1.54) is 6.07 Å². The smallest absolute Gasteiger partial charge is 0.224 e. The van der Waals surface area contributed by atoms with Crippen LogP contribution in [0.5, 0.6) is 0 Å². The largest absolute Gasteiger partial charge is 0.369 e. The molecule has 0 saturated carbocycles. The first kappa shape index (κ1) is 15.8. The van der Waals surface area contributed by atoms with Crippen molar-refractivity contribution in [3.63, 3.8) is 0 Å². The van der Waals surface area contributed by atoms with Crippen molar-refractivity contribution in [3.05, 3.63) is 30.1 Å². The second-order valence-corrected chi connectivity index (χ2v) is 5.73. The van der Waals surface area contributed by atoms with Gasteiger partial charge in [0.05, 0.1) is 0 Å². The van der Waals surface area contributed by atoms with E-state index in [0.29, 0.717) is 6.54 Å². The molecule has 0 aromatic heterocycles. The Morgan fingerprint density at radius 1 is 1.52 bits per heavy atom. The van der Waals surface area contributed by atoms with E-state index in [9.17, 15) is 9.18 Å². The third-order valence-electron chi connectivity index (χ3n) is 3.90. The lowest BCUT2D eigenvalue weighted by Gasteiger charge is -2.35. The van der Waals surface area contributed by atoms with Crippen LogP contribution < -0.4 is 15.5 Å². The highest BCUT2D eigenvalue weighted by Gasteiger charge is 2.23. The summed E-state index contributed by atoms with van der Waals surface area (Å²) in [5.41, 5.74) is 0.886. The number of piperidine rings is 1. The number of hydrogen-bond acceptors (Lipinski definition) is 3. The number of anilines is 1. The van der Waals surface area contributed by atoms with Crippen molar-refractivity contribution in [2.75, 3.05) is 31.6 Å². The summed E-state index contributed by atoms with van der Waals surface area (Å²) in [6.07, 6.45) is 1.98. The Labute approximate surface area is 125 Å². The van der Waals surface area contributed by atoms with Crippen LogP contribution in [-0.4, -0.2) is 38.6 Å². The molecular weight excluding hydrogens is 269 g/mol. The lowest BCUT2D eigenvalue weighted by Crippen LogP contribution is -2.49. The highest BCUT2D eigenvalue weighted by Crippen LogP contribution is 2.20. The number of amides is 1. The van der Waals surface area contributed by atoms with E-state index < -0.39 is 0 Å². The lowest BCUT2D eigenvalue weighted by molar-refractivity contribution is -0.125. The van der Waals surface area contributed by atoms with Gasteiger partial charge in [0, 0.05) is 37.3 Å². The van der Waals surface area contributed by atoms with Gasteiger partial charge in [0.15, 0.2) is 0 Å². The molecule has 1 aromatic carbocycles. The van der Waals surface area contributed by atoms with E-state index >= 15 is 0 Å². The molecule has 0 aliphatic carbocycles. The number of benzene rings is 1. The molecule has 2 N–H and O–H groups in total. The van der Waals surface area contributed by atoms with Gasteiger partial charge in [-0.15, -0.1) is 0 Å². The summed E-state index contributed by atoms with van der Waals surface area (Å²) in [6.45, 7) is 4.23. The molecule has 116 valence electrons. The van der Waals surface area contributed by atoms with Crippen LogP contribution in [-0.2, 0) is 4.79 Å². The van der Waals surface area contributed by atoms with E-state index in [0.717, 1.165) is 31.6 Å². The average molecular weight is 293 g/mol. The molecule has 0 radical (unpaired) electrons. The Hall–Kier alpha value is -1.62. The van der Waals surface area contributed by atoms with Crippen molar-refractivity contribution in [2.45, 2.75) is 25.8 Å². The molecule has 1 heterocycles. The van der Waals surface area contributed by atoms with Crippen LogP contribution >= 0.6 is 0 Å². The fraction of sp³-hybridized carbons (Fsp3) is 0.562. The van der Waals surface area contributed by atoms with E-state index in [-0.39, 0.29) is 23.7 Å². The van der Waals surface area contributed by atoms with Crippen molar-refractivity contribution in [1.29, 1.82) is 0 Å². The molecule has 1 amide bonds. The molecule has 4 nitrogen and oxygen atoms in total. The van der Waals surface area contributed by atoms with Crippen LogP contribution in [0.25, 0.3) is 0 Å². The molecule has 1 saturated heterocycles. The Bertz CT molecular complexity index is 480. The average Bonchev–Trinajstić information content (AvgIpc) is 2.48. The maximum absolute atomic E-state index is 13.3. The zero-order valence-corrected chi connectivity index (χ0v) is 12.7. The SMILES string of the molecule is CNCC(C)C(=O)NC1CCCN(c2cccc(F)c2)C1. The predicted molar refractivity (Wildman–Crippen MR) is 82.9 cm³/mol. The monoisotopic (exact) mass is 293 g/mol. The quantitative estimate of drug-likeness (QED) is 0.869. The molecule has 1 aromatic rings. The summed E-state index contributed by atoms with van der Waals surface area (Å²) < 4.78 is 13.3. The van der Waals surface area contributed by atoms with Crippen molar-refractivity contribution in [1.82, 2.24) is 10.6 Å². The second kappa shape index (κ2) is 7.41. The summed E-state index contributed by atoms with van der Waals surface area (Å²) in [4.78, 5) is 14.2. The van der Waals surface area contributed by atoms with Crippen LogP contribution in [0.1, 0.15) is 19.8 Å². The van der Waals surface area contributed by atoms with E-state index in [2.05, 4.69) is 15.5 Å². The Morgan fingerprint density at radius 3 is 3.05 bits per heavy atom.